The molecule has 0 spiro atoms. The number of hydrogen-bond donors (Lipinski definition) is 1. The molecule has 0 aromatic heterocycles. The number of nitrogens with one attached hydrogen (secondary N) is 1. The van der Waals surface area contributed by atoms with Crippen LogP contribution in [0.3, 0.4) is 0 Å². The lowest BCUT2D eigenvalue weighted by molar-refractivity contribution is 0.0643. The van der Waals surface area contributed by atoms with Gasteiger partial charge in [-0.25, -0.2) is 0 Å². The summed E-state index contributed by atoms with van der Waals surface area (Å²) < 4.78 is 0. The second-order valence-corrected chi connectivity index (χ2v) is 6.09. The summed E-state index contributed by atoms with van der Waals surface area (Å²) in [7, 11) is 0. The van der Waals surface area contributed by atoms with E-state index >= 15 is 0 Å². The monoisotopic (exact) mass is 317 g/mol. The van der Waals surface area contributed by atoms with Crippen LogP contribution in [-0.4, -0.2) is 60.4 Å². The molecule has 0 saturated carbocycles. The molecule has 1 unspecified atom stereocenters. The number of benzene rings is 1. The van der Waals surface area contributed by atoms with Crippen LogP contribution in [0.2, 0.25) is 0 Å². The van der Waals surface area contributed by atoms with Crippen LogP contribution in [0.15, 0.2) is 24.3 Å². The average Bonchev–Trinajstić information content (AvgIpc) is 2.61. The topological polar surface area (TPSA) is 52.7 Å². The molecule has 1 aromatic carbocycles. The van der Waals surface area contributed by atoms with Crippen molar-refractivity contribution >= 4 is 11.8 Å². The number of carbonyl (C=O) groups excluding carboxylic acids is 2. The van der Waals surface area contributed by atoms with Gasteiger partial charge in [0.05, 0.1) is 0 Å². The SMILES string of the molecule is CCC(C)NC(=O)c1ccc(C(=O)N2CCN(CC)CC2)cc1. The van der Waals surface area contributed by atoms with Crippen LogP contribution >= 0.6 is 0 Å². The lowest BCUT2D eigenvalue weighted by atomic mass is 10.1. The van der Waals surface area contributed by atoms with Crippen molar-refractivity contribution in [2.45, 2.75) is 33.2 Å². The Balaban J connectivity index is 1.96. The smallest absolute Gasteiger partial charge is 0.253 e. The molecular weight excluding hydrogens is 290 g/mol. The van der Waals surface area contributed by atoms with Crippen LogP contribution in [0.1, 0.15) is 47.9 Å². The summed E-state index contributed by atoms with van der Waals surface area (Å²) >= 11 is 0. The zero-order valence-corrected chi connectivity index (χ0v) is 14.3. The second kappa shape index (κ2) is 8.11. The molecule has 1 N–H and O–H groups in total. The minimum atomic E-state index is -0.0880. The molecule has 2 rings (SSSR count). The van der Waals surface area contributed by atoms with Gasteiger partial charge in [0.1, 0.15) is 0 Å². The molecule has 2 amide bonds. The summed E-state index contributed by atoms with van der Waals surface area (Å²) in [4.78, 5) is 28.8. The quantitative estimate of drug-likeness (QED) is 0.903. The number of amides is 2. The zero-order valence-electron chi connectivity index (χ0n) is 14.3. The van der Waals surface area contributed by atoms with Crippen molar-refractivity contribution < 1.29 is 9.59 Å². The van der Waals surface area contributed by atoms with Gasteiger partial charge in [-0.2, -0.15) is 0 Å². The predicted molar refractivity (Wildman–Crippen MR) is 91.7 cm³/mol. The maximum Gasteiger partial charge on any atom is 0.253 e. The maximum atomic E-state index is 12.5. The Kier molecular flexibility index (Phi) is 6.16. The lowest BCUT2D eigenvalue weighted by Gasteiger charge is -2.34. The molecule has 1 aliphatic rings. The third-order valence-electron chi connectivity index (χ3n) is 4.49. The highest BCUT2D eigenvalue weighted by atomic mass is 16.2. The first-order chi connectivity index (χ1) is 11.0. The van der Waals surface area contributed by atoms with Gasteiger partial charge in [-0.05, 0) is 44.2 Å². The van der Waals surface area contributed by atoms with Crippen molar-refractivity contribution in [1.82, 2.24) is 15.1 Å². The molecule has 23 heavy (non-hydrogen) atoms. The van der Waals surface area contributed by atoms with Gasteiger partial charge in [-0.1, -0.05) is 13.8 Å². The molecule has 1 aromatic rings. The number of piperazine rings is 1. The Morgan fingerprint density at radius 1 is 1.04 bits per heavy atom. The first-order valence-electron chi connectivity index (χ1n) is 8.47. The van der Waals surface area contributed by atoms with E-state index in [-0.39, 0.29) is 17.9 Å². The first kappa shape index (κ1) is 17.5. The standard InChI is InChI=1S/C18H27N3O2/c1-4-14(3)19-17(22)15-6-8-16(9-7-15)18(23)21-12-10-20(5-2)11-13-21/h6-9,14H,4-5,10-13H2,1-3H3,(H,19,22). The second-order valence-electron chi connectivity index (χ2n) is 6.09. The molecule has 1 heterocycles. The van der Waals surface area contributed by atoms with Crippen LogP contribution in [-0.2, 0) is 0 Å². The van der Waals surface area contributed by atoms with Crippen molar-refractivity contribution in [2.75, 3.05) is 32.7 Å². The van der Waals surface area contributed by atoms with Gasteiger partial charge in [0, 0.05) is 43.3 Å². The van der Waals surface area contributed by atoms with Crippen molar-refractivity contribution in [3.8, 4) is 0 Å². The van der Waals surface area contributed by atoms with Crippen molar-refractivity contribution in [3.05, 3.63) is 35.4 Å². The summed E-state index contributed by atoms with van der Waals surface area (Å²) in [6, 6.07) is 7.11. The van der Waals surface area contributed by atoms with Crippen LogP contribution in [0.25, 0.3) is 0 Å². The fourth-order valence-electron chi connectivity index (χ4n) is 2.62. The molecule has 0 aliphatic carbocycles. The lowest BCUT2D eigenvalue weighted by Crippen LogP contribution is -2.48. The van der Waals surface area contributed by atoms with E-state index < -0.39 is 0 Å². The molecule has 1 atom stereocenters. The molecule has 1 saturated heterocycles. The minimum absolute atomic E-state index is 0.0506. The van der Waals surface area contributed by atoms with Gasteiger partial charge in [0.25, 0.3) is 11.8 Å². The van der Waals surface area contributed by atoms with E-state index in [1.165, 1.54) is 0 Å². The summed E-state index contributed by atoms with van der Waals surface area (Å²) in [6.45, 7) is 10.6. The van der Waals surface area contributed by atoms with E-state index in [9.17, 15) is 9.59 Å². The Morgan fingerprint density at radius 2 is 1.61 bits per heavy atom. The molecule has 0 radical (unpaired) electrons. The van der Waals surface area contributed by atoms with Gasteiger partial charge >= 0.3 is 0 Å². The summed E-state index contributed by atoms with van der Waals surface area (Å²) in [6.07, 6.45) is 0.895. The van der Waals surface area contributed by atoms with Gasteiger partial charge in [0.15, 0.2) is 0 Å². The van der Waals surface area contributed by atoms with Crippen LogP contribution < -0.4 is 5.32 Å². The van der Waals surface area contributed by atoms with E-state index in [1.807, 2.05) is 18.7 Å². The van der Waals surface area contributed by atoms with Crippen molar-refractivity contribution in [3.63, 3.8) is 0 Å². The Labute approximate surface area is 138 Å². The third kappa shape index (κ3) is 4.55. The highest BCUT2D eigenvalue weighted by Crippen LogP contribution is 2.11. The average molecular weight is 317 g/mol. The molecule has 1 aliphatic heterocycles. The molecule has 126 valence electrons. The fourth-order valence-corrected chi connectivity index (χ4v) is 2.62. The zero-order chi connectivity index (χ0) is 16.8. The fraction of sp³-hybridized carbons (Fsp3) is 0.556. The number of carbonyl (C=O) groups is 2. The number of likely N-dealkylation sites (N-methyl/N-ethyl adjacent to an activating group) is 1. The van der Waals surface area contributed by atoms with Crippen LogP contribution in [0, 0.1) is 0 Å². The highest BCUT2D eigenvalue weighted by molar-refractivity contribution is 5.98. The van der Waals surface area contributed by atoms with E-state index in [1.54, 1.807) is 24.3 Å². The highest BCUT2D eigenvalue weighted by Gasteiger charge is 2.21. The number of hydrogen-bond acceptors (Lipinski definition) is 3. The molecular formula is C18H27N3O2. The summed E-state index contributed by atoms with van der Waals surface area (Å²) in [5.74, 6) is -0.0375. The molecule has 1 fully saturated rings. The largest absolute Gasteiger partial charge is 0.350 e. The molecule has 5 heteroatoms. The maximum absolute atomic E-state index is 12.5. The van der Waals surface area contributed by atoms with E-state index in [0.717, 1.165) is 39.1 Å². The van der Waals surface area contributed by atoms with Crippen LogP contribution in [0.5, 0.6) is 0 Å². The summed E-state index contributed by atoms with van der Waals surface area (Å²) in [5, 5.41) is 2.93. The predicted octanol–water partition coefficient (Wildman–Crippen LogP) is 1.99. The molecule has 5 nitrogen and oxygen atoms in total. The van der Waals surface area contributed by atoms with Crippen molar-refractivity contribution in [2.24, 2.45) is 0 Å². The van der Waals surface area contributed by atoms with Crippen molar-refractivity contribution in [1.29, 1.82) is 0 Å². The first-order valence-corrected chi connectivity index (χ1v) is 8.47. The van der Waals surface area contributed by atoms with E-state index in [2.05, 4.69) is 17.1 Å². The number of nitrogens with zero attached hydrogens (tertiary/aromatic N) is 2. The summed E-state index contributed by atoms with van der Waals surface area (Å²) in [5.41, 5.74) is 1.24. The van der Waals surface area contributed by atoms with Gasteiger partial charge in [0.2, 0.25) is 0 Å². The Bertz CT molecular complexity index is 534. The van der Waals surface area contributed by atoms with E-state index in [0.29, 0.717) is 11.1 Å². The number of rotatable bonds is 5. The Hall–Kier alpha value is -1.88. The molecule has 0 bridgehead atoms. The van der Waals surface area contributed by atoms with Gasteiger partial charge in [-0.15, -0.1) is 0 Å². The Morgan fingerprint density at radius 3 is 2.13 bits per heavy atom. The van der Waals surface area contributed by atoms with Gasteiger partial charge < -0.3 is 15.1 Å². The van der Waals surface area contributed by atoms with Crippen LogP contribution in [0.4, 0.5) is 0 Å². The third-order valence-corrected chi connectivity index (χ3v) is 4.49. The minimum Gasteiger partial charge on any atom is -0.350 e. The van der Waals surface area contributed by atoms with Gasteiger partial charge in [-0.3, -0.25) is 9.59 Å². The van der Waals surface area contributed by atoms with E-state index in [4.69, 9.17) is 0 Å². The normalized spacial score (nSPS) is 16.9.